The molecular formula is C23H15F2NO4. The number of benzene rings is 3. The molecule has 1 aliphatic rings. The minimum absolute atomic E-state index is 0.112. The van der Waals surface area contributed by atoms with Crippen molar-refractivity contribution >= 4 is 23.3 Å². The quantitative estimate of drug-likeness (QED) is 0.399. The van der Waals surface area contributed by atoms with Crippen LogP contribution in [0.2, 0.25) is 0 Å². The Morgan fingerprint density at radius 1 is 0.867 bits per heavy atom. The summed E-state index contributed by atoms with van der Waals surface area (Å²) in [5.74, 6) is -2.99. The number of carbonyl (C=O) groups is 3. The predicted octanol–water partition coefficient (Wildman–Crippen LogP) is 4.23. The molecule has 7 heteroatoms. The summed E-state index contributed by atoms with van der Waals surface area (Å²) in [6, 6.07) is 14.9. The average molecular weight is 407 g/mol. The molecule has 1 atom stereocenters. The van der Waals surface area contributed by atoms with Crippen LogP contribution in [0, 0.1) is 11.6 Å². The zero-order chi connectivity index (χ0) is 21.3. The highest BCUT2D eigenvalue weighted by Gasteiger charge is 2.32. The third kappa shape index (κ3) is 3.96. The Morgan fingerprint density at radius 3 is 2.13 bits per heavy atom. The Hall–Kier alpha value is -3.87. The molecule has 150 valence electrons. The second-order valence-corrected chi connectivity index (χ2v) is 6.82. The number of halogens is 2. The third-order valence-corrected chi connectivity index (χ3v) is 4.78. The van der Waals surface area contributed by atoms with Crippen molar-refractivity contribution in [2.24, 2.45) is 0 Å². The molecule has 0 saturated carbocycles. The third-order valence-electron chi connectivity index (χ3n) is 4.78. The highest BCUT2D eigenvalue weighted by molar-refractivity contribution is 6.09. The lowest BCUT2D eigenvalue weighted by atomic mass is 9.90. The van der Waals surface area contributed by atoms with E-state index in [0.29, 0.717) is 16.7 Å². The van der Waals surface area contributed by atoms with Crippen LogP contribution in [0.4, 0.5) is 14.5 Å². The van der Waals surface area contributed by atoms with Gasteiger partial charge in [-0.2, -0.15) is 0 Å². The maximum absolute atomic E-state index is 13.4. The van der Waals surface area contributed by atoms with Crippen LogP contribution in [0.15, 0.2) is 66.7 Å². The standard InChI is InChI=1S/C23H15F2NO4/c24-15-5-1-13(2-6-15)22(28)14-3-8-17(9-4-14)30-23(29)19-12-21(27)26-20-11-16(25)7-10-18(19)20/h1-11,19H,12H2,(H,26,27). The Balaban J connectivity index is 1.50. The zero-order valence-electron chi connectivity index (χ0n) is 15.5. The number of amides is 1. The molecule has 1 unspecified atom stereocenters. The van der Waals surface area contributed by atoms with Gasteiger partial charge in [0.2, 0.25) is 5.91 Å². The first-order valence-electron chi connectivity index (χ1n) is 9.12. The van der Waals surface area contributed by atoms with Gasteiger partial charge in [0.05, 0.1) is 5.92 Å². The fourth-order valence-electron chi connectivity index (χ4n) is 3.28. The molecular weight excluding hydrogens is 392 g/mol. The van der Waals surface area contributed by atoms with Crippen molar-refractivity contribution in [3.63, 3.8) is 0 Å². The molecule has 3 aromatic carbocycles. The predicted molar refractivity (Wildman–Crippen MR) is 104 cm³/mol. The molecule has 5 nitrogen and oxygen atoms in total. The van der Waals surface area contributed by atoms with E-state index in [1.807, 2.05) is 0 Å². The van der Waals surface area contributed by atoms with Gasteiger partial charge in [-0.25, -0.2) is 8.78 Å². The number of rotatable bonds is 4. The minimum atomic E-state index is -0.866. The van der Waals surface area contributed by atoms with Gasteiger partial charge in [-0.3, -0.25) is 14.4 Å². The van der Waals surface area contributed by atoms with Gasteiger partial charge in [0.25, 0.3) is 0 Å². The van der Waals surface area contributed by atoms with E-state index in [1.54, 1.807) is 0 Å². The summed E-state index contributed by atoms with van der Waals surface area (Å²) in [6.07, 6.45) is -0.112. The molecule has 4 rings (SSSR count). The molecule has 0 aromatic heterocycles. The summed E-state index contributed by atoms with van der Waals surface area (Å²) in [7, 11) is 0. The molecule has 0 saturated heterocycles. The summed E-state index contributed by atoms with van der Waals surface area (Å²) in [4.78, 5) is 36.9. The van der Waals surface area contributed by atoms with Crippen molar-refractivity contribution in [2.75, 3.05) is 5.32 Å². The number of hydrogen-bond acceptors (Lipinski definition) is 4. The van der Waals surface area contributed by atoms with Crippen LogP contribution in [-0.2, 0) is 9.59 Å². The van der Waals surface area contributed by atoms with Crippen LogP contribution < -0.4 is 10.1 Å². The summed E-state index contributed by atoms with van der Waals surface area (Å²) in [5, 5.41) is 2.54. The summed E-state index contributed by atoms with van der Waals surface area (Å²) in [6.45, 7) is 0. The van der Waals surface area contributed by atoms with Crippen molar-refractivity contribution in [3.05, 3.63) is 95.1 Å². The number of nitrogens with one attached hydrogen (secondary N) is 1. The van der Waals surface area contributed by atoms with Gasteiger partial charge >= 0.3 is 5.97 Å². The number of fused-ring (bicyclic) bond motifs is 1. The lowest BCUT2D eigenvalue weighted by Gasteiger charge is -2.24. The summed E-state index contributed by atoms with van der Waals surface area (Å²) >= 11 is 0. The maximum atomic E-state index is 13.4. The molecule has 1 aliphatic heterocycles. The second kappa shape index (κ2) is 7.87. The topological polar surface area (TPSA) is 72.5 Å². The molecule has 3 aromatic rings. The van der Waals surface area contributed by atoms with Gasteiger partial charge in [-0.05, 0) is 66.2 Å². The maximum Gasteiger partial charge on any atom is 0.319 e. The number of esters is 1. The van der Waals surface area contributed by atoms with E-state index in [-0.39, 0.29) is 23.6 Å². The number of hydrogen-bond donors (Lipinski definition) is 1. The van der Waals surface area contributed by atoms with Gasteiger partial charge in [-0.1, -0.05) is 6.07 Å². The minimum Gasteiger partial charge on any atom is -0.426 e. The number of anilines is 1. The lowest BCUT2D eigenvalue weighted by Crippen LogP contribution is -2.29. The molecule has 1 amide bonds. The van der Waals surface area contributed by atoms with Crippen LogP contribution in [0.1, 0.15) is 33.8 Å². The highest BCUT2D eigenvalue weighted by Crippen LogP contribution is 2.34. The van der Waals surface area contributed by atoms with Crippen LogP contribution in [0.5, 0.6) is 5.75 Å². The van der Waals surface area contributed by atoms with E-state index in [4.69, 9.17) is 4.74 Å². The molecule has 30 heavy (non-hydrogen) atoms. The van der Waals surface area contributed by atoms with Gasteiger partial charge in [0, 0.05) is 23.2 Å². The largest absolute Gasteiger partial charge is 0.426 e. The molecule has 0 fully saturated rings. The van der Waals surface area contributed by atoms with Crippen molar-refractivity contribution < 1.29 is 27.9 Å². The van der Waals surface area contributed by atoms with Crippen molar-refractivity contribution in [3.8, 4) is 5.75 Å². The molecule has 0 radical (unpaired) electrons. The number of carbonyl (C=O) groups excluding carboxylic acids is 3. The summed E-state index contributed by atoms with van der Waals surface area (Å²) in [5.41, 5.74) is 1.40. The van der Waals surface area contributed by atoms with Gasteiger partial charge in [0.1, 0.15) is 17.4 Å². The Kier molecular flexibility index (Phi) is 5.10. The Labute approximate surface area is 170 Å². The Morgan fingerprint density at radius 2 is 1.47 bits per heavy atom. The fourth-order valence-corrected chi connectivity index (χ4v) is 3.28. The fraction of sp³-hybridized carbons (Fsp3) is 0.0870. The molecule has 1 heterocycles. The monoisotopic (exact) mass is 407 g/mol. The molecule has 0 aliphatic carbocycles. The van der Waals surface area contributed by atoms with Crippen LogP contribution in [0.25, 0.3) is 0 Å². The van der Waals surface area contributed by atoms with Crippen LogP contribution >= 0.6 is 0 Å². The van der Waals surface area contributed by atoms with E-state index < -0.39 is 29.4 Å². The molecule has 0 bridgehead atoms. The van der Waals surface area contributed by atoms with E-state index >= 15 is 0 Å². The Bertz CT molecular complexity index is 1140. The summed E-state index contributed by atoms with van der Waals surface area (Å²) < 4.78 is 31.8. The molecule has 1 N–H and O–H groups in total. The average Bonchev–Trinajstić information content (AvgIpc) is 2.73. The first-order chi connectivity index (χ1) is 14.4. The van der Waals surface area contributed by atoms with Crippen molar-refractivity contribution in [1.29, 1.82) is 0 Å². The van der Waals surface area contributed by atoms with Crippen LogP contribution in [-0.4, -0.2) is 17.7 Å². The number of ketones is 1. The van der Waals surface area contributed by atoms with Crippen LogP contribution in [0.3, 0.4) is 0 Å². The van der Waals surface area contributed by atoms with Gasteiger partial charge < -0.3 is 10.1 Å². The van der Waals surface area contributed by atoms with Gasteiger partial charge in [-0.15, -0.1) is 0 Å². The normalized spacial score (nSPS) is 15.1. The van der Waals surface area contributed by atoms with Crippen molar-refractivity contribution in [1.82, 2.24) is 0 Å². The van der Waals surface area contributed by atoms with E-state index in [0.717, 1.165) is 6.07 Å². The smallest absolute Gasteiger partial charge is 0.319 e. The SMILES string of the molecule is O=C1CC(C(=O)Oc2ccc(C(=O)c3ccc(F)cc3)cc2)c2ccc(F)cc2N1. The van der Waals surface area contributed by atoms with E-state index in [1.165, 1.54) is 60.7 Å². The van der Waals surface area contributed by atoms with E-state index in [2.05, 4.69) is 5.32 Å². The van der Waals surface area contributed by atoms with Crippen molar-refractivity contribution in [2.45, 2.75) is 12.3 Å². The zero-order valence-corrected chi connectivity index (χ0v) is 15.5. The highest BCUT2D eigenvalue weighted by atomic mass is 19.1. The van der Waals surface area contributed by atoms with E-state index in [9.17, 15) is 23.2 Å². The van der Waals surface area contributed by atoms with Gasteiger partial charge in [0.15, 0.2) is 5.78 Å². The number of ether oxygens (including phenoxy) is 1. The second-order valence-electron chi connectivity index (χ2n) is 6.82. The lowest BCUT2D eigenvalue weighted by molar-refractivity contribution is -0.138. The molecule has 0 spiro atoms. The first-order valence-corrected chi connectivity index (χ1v) is 9.12. The first kappa shape index (κ1) is 19.4.